The predicted octanol–water partition coefficient (Wildman–Crippen LogP) is 1.07. The number of aromatic nitrogens is 3. The van der Waals surface area contributed by atoms with Gasteiger partial charge in [-0.3, -0.25) is 0 Å². The molecule has 0 unspecified atom stereocenters. The van der Waals surface area contributed by atoms with Crippen LogP contribution < -0.4 is 5.73 Å². The minimum Gasteiger partial charge on any atom is -0.330 e. The topological polar surface area (TPSA) is 56.7 Å². The fourth-order valence-corrected chi connectivity index (χ4v) is 1.70. The number of halogens is 1. The number of thioether (sulfide) groups is 1. The molecule has 0 aliphatic rings. The molecule has 1 heterocycles. The highest BCUT2D eigenvalue weighted by Crippen LogP contribution is 2.14. The second-order valence-electron chi connectivity index (χ2n) is 2.57. The van der Waals surface area contributed by atoms with Gasteiger partial charge in [0.25, 0.3) is 0 Å². The highest BCUT2D eigenvalue weighted by molar-refractivity contribution is 7.99. The molecule has 0 aliphatic carbocycles. The molecule has 0 atom stereocenters. The molecule has 0 amide bonds. The van der Waals surface area contributed by atoms with Crippen LogP contribution in [0.2, 0.25) is 0 Å². The molecule has 0 bridgehead atoms. The first-order valence-corrected chi connectivity index (χ1v) is 5.00. The molecule has 4 nitrogen and oxygen atoms in total. The molecule has 2 N–H and O–H groups in total. The van der Waals surface area contributed by atoms with Crippen LogP contribution in [-0.4, -0.2) is 27.1 Å². The summed E-state index contributed by atoms with van der Waals surface area (Å²) in [7, 11) is 1.95. The molecule has 0 spiro atoms. The van der Waals surface area contributed by atoms with E-state index in [2.05, 4.69) is 10.2 Å². The average molecular weight is 223 g/mol. The third kappa shape index (κ3) is 4.50. The Kier molecular flexibility index (Phi) is 7.03. The minimum absolute atomic E-state index is 0. The zero-order chi connectivity index (χ0) is 8.81. The molecule has 1 rings (SSSR count). The summed E-state index contributed by atoms with van der Waals surface area (Å²) in [5.41, 5.74) is 5.38. The Morgan fingerprint density at radius 3 is 2.85 bits per heavy atom. The molecule has 0 aromatic carbocycles. The van der Waals surface area contributed by atoms with Crippen molar-refractivity contribution < 1.29 is 0 Å². The normalized spacial score (nSPS) is 9.69. The molecule has 1 aromatic rings. The highest BCUT2D eigenvalue weighted by atomic mass is 35.5. The number of aryl methyl sites for hydroxylation is 1. The van der Waals surface area contributed by atoms with Gasteiger partial charge in [0.1, 0.15) is 6.33 Å². The van der Waals surface area contributed by atoms with Crippen LogP contribution in [0.5, 0.6) is 0 Å². The molecule has 0 aliphatic heterocycles. The number of nitrogens with zero attached hydrogens (tertiary/aromatic N) is 3. The standard InChI is InChI=1S/C7H14N4S.ClH/c1-11-6-9-10-7(11)12-5-3-2-4-8;/h6H,2-5,8H2,1H3;1H. The van der Waals surface area contributed by atoms with Gasteiger partial charge in [0, 0.05) is 12.8 Å². The van der Waals surface area contributed by atoms with E-state index in [4.69, 9.17) is 5.73 Å². The van der Waals surface area contributed by atoms with Gasteiger partial charge in [0.15, 0.2) is 5.16 Å². The van der Waals surface area contributed by atoms with Crippen molar-refractivity contribution in [2.75, 3.05) is 12.3 Å². The van der Waals surface area contributed by atoms with Crippen LogP contribution in [0.25, 0.3) is 0 Å². The van der Waals surface area contributed by atoms with Crippen LogP contribution >= 0.6 is 24.2 Å². The molecule has 0 radical (unpaired) electrons. The van der Waals surface area contributed by atoms with Gasteiger partial charge < -0.3 is 10.3 Å². The maximum atomic E-state index is 5.38. The van der Waals surface area contributed by atoms with E-state index < -0.39 is 0 Å². The van der Waals surface area contributed by atoms with Crippen LogP contribution in [0.3, 0.4) is 0 Å². The Balaban J connectivity index is 0.00000144. The Morgan fingerprint density at radius 1 is 1.54 bits per heavy atom. The second kappa shape index (κ2) is 7.17. The van der Waals surface area contributed by atoms with Gasteiger partial charge in [0.05, 0.1) is 0 Å². The van der Waals surface area contributed by atoms with Crippen molar-refractivity contribution >= 4 is 24.2 Å². The number of rotatable bonds is 5. The van der Waals surface area contributed by atoms with Crippen LogP contribution in [0.15, 0.2) is 11.5 Å². The summed E-state index contributed by atoms with van der Waals surface area (Å²) in [5, 5.41) is 8.72. The predicted molar refractivity (Wildman–Crippen MR) is 57.3 cm³/mol. The molecule has 6 heteroatoms. The number of unbranched alkanes of at least 4 members (excludes halogenated alkanes) is 1. The quantitative estimate of drug-likeness (QED) is 0.598. The second-order valence-corrected chi connectivity index (χ2v) is 3.63. The Hall–Kier alpha value is -0.260. The van der Waals surface area contributed by atoms with Gasteiger partial charge in [-0.25, -0.2) is 0 Å². The van der Waals surface area contributed by atoms with Gasteiger partial charge in [0.2, 0.25) is 0 Å². The number of nitrogens with two attached hydrogens (primary N) is 1. The lowest BCUT2D eigenvalue weighted by Crippen LogP contribution is -1.99. The minimum atomic E-state index is 0. The monoisotopic (exact) mass is 222 g/mol. The Labute approximate surface area is 88.7 Å². The van der Waals surface area contributed by atoms with Gasteiger partial charge in [-0.15, -0.1) is 22.6 Å². The van der Waals surface area contributed by atoms with E-state index in [-0.39, 0.29) is 12.4 Å². The van der Waals surface area contributed by atoms with E-state index in [1.54, 1.807) is 18.1 Å². The Morgan fingerprint density at radius 2 is 2.31 bits per heavy atom. The van der Waals surface area contributed by atoms with E-state index >= 15 is 0 Å². The van der Waals surface area contributed by atoms with Crippen molar-refractivity contribution in [1.82, 2.24) is 14.8 Å². The van der Waals surface area contributed by atoms with Gasteiger partial charge in [-0.05, 0) is 19.4 Å². The number of hydrogen-bond acceptors (Lipinski definition) is 4. The van der Waals surface area contributed by atoms with Crippen LogP contribution in [-0.2, 0) is 7.05 Å². The summed E-state index contributed by atoms with van der Waals surface area (Å²) < 4.78 is 1.92. The molecule has 1 aromatic heterocycles. The molecule has 13 heavy (non-hydrogen) atoms. The van der Waals surface area contributed by atoms with Crippen LogP contribution in [0.4, 0.5) is 0 Å². The first kappa shape index (κ1) is 12.7. The van der Waals surface area contributed by atoms with Crippen molar-refractivity contribution in [3.63, 3.8) is 0 Å². The summed E-state index contributed by atoms with van der Waals surface area (Å²) in [5.74, 6) is 1.07. The van der Waals surface area contributed by atoms with Gasteiger partial charge in [-0.1, -0.05) is 11.8 Å². The van der Waals surface area contributed by atoms with Crippen molar-refractivity contribution in [2.24, 2.45) is 12.8 Å². The lowest BCUT2D eigenvalue weighted by molar-refractivity contribution is 0.779. The van der Waals surface area contributed by atoms with E-state index in [1.165, 1.54) is 0 Å². The highest BCUT2D eigenvalue weighted by Gasteiger charge is 1.99. The molecular weight excluding hydrogens is 208 g/mol. The molecule has 76 valence electrons. The van der Waals surface area contributed by atoms with Crippen molar-refractivity contribution in [3.8, 4) is 0 Å². The lowest BCUT2D eigenvalue weighted by Gasteiger charge is -1.98. The summed E-state index contributed by atoms with van der Waals surface area (Å²) in [6.45, 7) is 0.777. The molecular formula is C7H15ClN4S. The molecule has 0 saturated heterocycles. The smallest absolute Gasteiger partial charge is 0.190 e. The average Bonchev–Trinajstić information content (AvgIpc) is 2.46. The third-order valence-electron chi connectivity index (χ3n) is 1.50. The summed E-state index contributed by atoms with van der Waals surface area (Å²) in [6.07, 6.45) is 3.95. The zero-order valence-electron chi connectivity index (χ0n) is 7.64. The largest absolute Gasteiger partial charge is 0.330 e. The maximum Gasteiger partial charge on any atom is 0.190 e. The SMILES string of the molecule is Cl.Cn1cnnc1SCCCCN. The van der Waals surface area contributed by atoms with E-state index in [0.717, 1.165) is 30.3 Å². The van der Waals surface area contributed by atoms with E-state index in [1.807, 2.05) is 11.6 Å². The first-order valence-electron chi connectivity index (χ1n) is 4.01. The van der Waals surface area contributed by atoms with Crippen molar-refractivity contribution in [1.29, 1.82) is 0 Å². The van der Waals surface area contributed by atoms with Crippen molar-refractivity contribution in [3.05, 3.63) is 6.33 Å². The Bertz CT molecular complexity index is 228. The van der Waals surface area contributed by atoms with E-state index in [0.29, 0.717) is 0 Å². The van der Waals surface area contributed by atoms with Gasteiger partial charge >= 0.3 is 0 Å². The lowest BCUT2D eigenvalue weighted by atomic mass is 10.3. The third-order valence-corrected chi connectivity index (χ3v) is 2.62. The zero-order valence-corrected chi connectivity index (χ0v) is 9.27. The molecule has 0 fully saturated rings. The fraction of sp³-hybridized carbons (Fsp3) is 0.714. The molecule has 0 saturated carbocycles. The number of hydrogen-bond donors (Lipinski definition) is 1. The van der Waals surface area contributed by atoms with E-state index in [9.17, 15) is 0 Å². The van der Waals surface area contributed by atoms with Gasteiger partial charge in [-0.2, -0.15) is 0 Å². The van der Waals surface area contributed by atoms with Crippen molar-refractivity contribution in [2.45, 2.75) is 18.0 Å². The van der Waals surface area contributed by atoms with Crippen LogP contribution in [0.1, 0.15) is 12.8 Å². The fourth-order valence-electron chi connectivity index (χ4n) is 0.813. The summed E-state index contributed by atoms with van der Waals surface area (Å²) in [6, 6.07) is 0. The first-order chi connectivity index (χ1) is 5.84. The maximum absolute atomic E-state index is 5.38. The van der Waals surface area contributed by atoms with Crippen LogP contribution in [0, 0.1) is 0 Å². The summed E-state index contributed by atoms with van der Waals surface area (Å²) in [4.78, 5) is 0. The summed E-state index contributed by atoms with van der Waals surface area (Å²) >= 11 is 1.73.